The van der Waals surface area contributed by atoms with Crippen LogP contribution in [-0.4, -0.2) is 22.1 Å². The second-order valence-corrected chi connectivity index (χ2v) is 5.89. The number of carbonyl (C=O) groups excluding carboxylic acids is 1. The summed E-state index contributed by atoms with van der Waals surface area (Å²) in [6.45, 7) is 0. The molecule has 0 atom stereocenters. The summed E-state index contributed by atoms with van der Waals surface area (Å²) < 4.78 is 0. The highest BCUT2D eigenvalue weighted by atomic mass is 32.2. The number of fused-ring (bicyclic) bond motifs is 1. The van der Waals surface area contributed by atoms with Gasteiger partial charge < -0.3 is 5.32 Å². The minimum absolute atomic E-state index is 0.0991. The van der Waals surface area contributed by atoms with Gasteiger partial charge >= 0.3 is 0 Å². The summed E-state index contributed by atoms with van der Waals surface area (Å²) in [5.74, 6) is -0.0991. The molecule has 0 radical (unpaired) electrons. The normalized spacial score (nSPS) is 15.8. The van der Waals surface area contributed by atoms with Gasteiger partial charge in [-0.25, -0.2) is 9.97 Å². The van der Waals surface area contributed by atoms with Gasteiger partial charge in [0, 0.05) is 11.1 Å². The van der Waals surface area contributed by atoms with Gasteiger partial charge in [-0.3, -0.25) is 4.79 Å². The fraction of sp³-hybridized carbons (Fsp3) is 0.0714. The van der Waals surface area contributed by atoms with Crippen molar-refractivity contribution in [3.8, 4) is 0 Å². The van der Waals surface area contributed by atoms with E-state index in [2.05, 4.69) is 15.3 Å². The highest BCUT2D eigenvalue weighted by molar-refractivity contribution is 8.04. The molecule has 1 aromatic carbocycles. The van der Waals surface area contributed by atoms with Gasteiger partial charge in [0.1, 0.15) is 0 Å². The molecule has 2 aromatic rings. The van der Waals surface area contributed by atoms with Crippen molar-refractivity contribution < 1.29 is 4.79 Å². The van der Waals surface area contributed by atoms with Crippen LogP contribution in [-0.2, 0) is 4.79 Å². The molecule has 4 nitrogen and oxygen atoms in total. The Hall–Kier alpha value is -1.79. The molecule has 1 N–H and O–H groups in total. The number of benzene rings is 1. The lowest BCUT2D eigenvalue weighted by atomic mass is 10.3. The molecular formula is C14H11N3OS2. The van der Waals surface area contributed by atoms with E-state index in [1.807, 2.05) is 30.5 Å². The molecule has 0 aliphatic carbocycles. The van der Waals surface area contributed by atoms with E-state index < -0.39 is 0 Å². The van der Waals surface area contributed by atoms with Crippen LogP contribution in [0.25, 0.3) is 6.08 Å². The van der Waals surface area contributed by atoms with Gasteiger partial charge in [-0.15, -0.1) is 0 Å². The van der Waals surface area contributed by atoms with Gasteiger partial charge in [0.2, 0.25) is 0 Å². The second kappa shape index (κ2) is 5.68. The first-order chi connectivity index (χ1) is 9.76. The molecule has 0 fully saturated rings. The SMILES string of the molecule is CSc1nccc(C=C2Sc3ccccc3NC2=O)n1. The minimum atomic E-state index is -0.0991. The van der Waals surface area contributed by atoms with Crippen molar-refractivity contribution in [2.75, 3.05) is 11.6 Å². The fourth-order valence-corrected chi connectivity index (χ4v) is 3.07. The Bertz CT molecular complexity index is 700. The fourth-order valence-electron chi connectivity index (χ4n) is 1.77. The largest absolute Gasteiger partial charge is 0.320 e. The maximum absolute atomic E-state index is 12.1. The number of nitrogens with zero attached hydrogens (tertiary/aromatic N) is 2. The number of hydrogen-bond acceptors (Lipinski definition) is 5. The van der Waals surface area contributed by atoms with Crippen LogP contribution < -0.4 is 5.32 Å². The maximum Gasteiger partial charge on any atom is 0.262 e. The Morgan fingerprint density at radius 3 is 3.00 bits per heavy atom. The van der Waals surface area contributed by atoms with Crippen molar-refractivity contribution in [1.29, 1.82) is 0 Å². The molecule has 0 saturated heterocycles. The summed E-state index contributed by atoms with van der Waals surface area (Å²) in [5.41, 5.74) is 1.59. The van der Waals surface area contributed by atoms with Crippen LogP contribution >= 0.6 is 23.5 Å². The highest BCUT2D eigenvalue weighted by Gasteiger charge is 2.20. The predicted molar refractivity (Wildman–Crippen MR) is 82.7 cm³/mol. The third-order valence-electron chi connectivity index (χ3n) is 2.70. The second-order valence-electron chi connectivity index (χ2n) is 4.03. The Morgan fingerprint density at radius 1 is 1.30 bits per heavy atom. The van der Waals surface area contributed by atoms with Crippen LogP contribution in [0.1, 0.15) is 5.69 Å². The maximum atomic E-state index is 12.1. The van der Waals surface area contributed by atoms with Crippen molar-refractivity contribution >= 4 is 41.2 Å². The molecule has 0 saturated carbocycles. The predicted octanol–water partition coefficient (Wildman–Crippen LogP) is 3.28. The summed E-state index contributed by atoms with van der Waals surface area (Å²) in [6.07, 6.45) is 5.41. The number of hydrogen-bond donors (Lipinski definition) is 1. The van der Waals surface area contributed by atoms with Gasteiger partial charge in [-0.1, -0.05) is 35.7 Å². The van der Waals surface area contributed by atoms with Crippen LogP contribution in [0.3, 0.4) is 0 Å². The lowest BCUT2D eigenvalue weighted by Crippen LogP contribution is -2.17. The van der Waals surface area contributed by atoms with E-state index in [4.69, 9.17) is 0 Å². The molecule has 1 amide bonds. The molecule has 2 heterocycles. The smallest absolute Gasteiger partial charge is 0.262 e. The van der Waals surface area contributed by atoms with E-state index in [0.717, 1.165) is 16.3 Å². The first-order valence-corrected chi connectivity index (χ1v) is 7.97. The Kier molecular flexibility index (Phi) is 3.75. The van der Waals surface area contributed by atoms with E-state index in [1.165, 1.54) is 23.5 Å². The summed E-state index contributed by atoms with van der Waals surface area (Å²) >= 11 is 2.93. The Labute approximate surface area is 125 Å². The zero-order valence-electron chi connectivity index (χ0n) is 10.7. The number of amides is 1. The average molecular weight is 301 g/mol. The number of aromatic nitrogens is 2. The van der Waals surface area contributed by atoms with Gasteiger partial charge in [-0.2, -0.15) is 0 Å². The third kappa shape index (κ3) is 2.71. The number of carbonyl (C=O) groups is 1. The van der Waals surface area contributed by atoms with Crippen LogP contribution in [0.4, 0.5) is 5.69 Å². The Balaban J connectivity index is 1.94. The van der Waals surface area contributed by atoms with Crippen LogP contribution in [0.15, 0.2) is 51.5 Å². The molecule has 3 rings (SSSR count). The van der Waals surface area contributed by atoms with Gasteiger partial charge in [-0.05, 0) is 30.5 Å². The van der Waals surface area contributed by atoms with E-state index >= 15 is 0 Å². The van der Waals surface area contributed by atoms with Crippen molar-refractivity contribution in [3.63, 3.8) is 0 Å². The van der Waals surface area contributed by atoms with Gasteiger partial charge in [0.05, 0.1) is 16.3 Å². The standard InChI is InChI=1S/C14H11N3OS2/c1-19-14-15-7-6-9(16-14)8-12-13(18)17-10-4-2-3-5-11(10)20-12/h2-8H,1H3,(H,17,18). The summed E-state index contributed by atoms with van der Waals surface area (Å²) in [4.78, 5) is 22.2. The zero-order chi connectivity index (χ0) is 13.9. The van der Waals surface area contributed by atoms with E-state index in [9.17, 15) is 4.79 Å². The molecule has 1 aliphatic heterocycles. The third-order valence-corrected chi connectivity index (χ3v) is 4.36. The van der Waals surface area contributed by atoms with Crippen molar-refractivity contribution in [2.45, 2.75) is 10.1 Å². The molecule has 0 bridgehead atoms. The quantitative estimate of drug-likeness (QED) is 0.524. The van der Waals surface area contributed by atoms with E-state index in [1.54, 1.807) is 18.3 Å². The van der Waals surface area contributed by atoms with Crippen molar-refractivity contribution in [3.05, 3.63) is 47.1 Å². The van der Waals surface area contributed by atoms with Crippen molar-refractivity contribution in [2.24, 2.45) is 0 Å². The number of para-hydroxylation sites is 1. The summed E-state index contributed by atoms with van der Waals surface area (Å²) in [5, 5.41) is 3.58. The first kappa shape index (κ1) is 13.2. The van der Waals surface area contributed by atoms with Crippen LogP contribution in [0.5, 0.6) is 0 Å². The monoisotopic (exact) mass is 301 g/mol. The zero-order valence-corrected chi connectivity index (χ0v) is 12.3. The molecule has 100 valence electrons. The molecule has 1 aliphatic rings. The lowest BCUT2D eigenvalue weighted by Gasteiger charge is -2.18. The molecule has 20 heavy (non-hydrogen) atoms. The van der Waals surface area contributed by atoms with Gasteiger partial charge in [0.25, 0.3) is 5.91 Å². The number of nitrogens with one attached hydrogen (secondary N) is 1. The lowest BCUT2D eigenvalue weighted by molar-refractivity contribution is -0.112. The van der Waals surface area contributed by atoms with Gasteiger partial charge in [0.15, 0.2) is 5.16 Å². The first-order valence-electron chi connectivity index (χ1n) is 5.93. The number of rotatable bonds is 2. The Morgan fingerprint density at radius 2 is 2.15 bits per heavy atom. The number of anilines is 1. The van der Waals surface area contributed by atoms with Crippen LogP contribution in [0.2, 0.25) is 0 Å². The average Bonchev–Trinajstić information content (AvgIpc) is 2.48. The molecule has 0 unspecified atom stereocenters. The molecule has 1 aromatic heterocycles. The van der Waals surface area contributed by atoms with E-state index in [-0.39, 0.29) is 5.91 Å². The molecule has 6 heteroatoms. The summed E-state index contributed by atoms with van der Waals surface area (Å²) in [6, 6.07) is 9.54. The van der Waals surface area contributed by atoms with Crippen molar-refractivity contribution in [1.82, 2.24) is 9.97 Å². The topological polar surface area (TPSA) is 54.9 Å². The van der Waals surface area contributed by atoms with Crippen LogP contribution in [0, 0.1) is 0 Å². The number of thioether (sulfide) groups is 2. The minimum Gasteiger partial charge on any atom is -0.320 e. The summed E-state index contributed by atoms with van der Waals surface area (Å²) in [7, 11) is 0. The highest BCUT2D eigenvalue weighted by Crippen LogP contribution is 2.38. The van der Waals surface area contributed by atoms with E-state index in [0.29, 0.717) is 10.1 Å². The molecular weight excluding hydrogens is 290 g/mol. The molecule has 0 spiro atoms.